The molecule has 1 heterocycles. The van der Waals surface area contributed by atoms with Crippen molar-refractivity contribution in [3.8, 4) is 0 Å². The van der Waals surface area contributed by atoms with E-state index in [4.69, 9.17) is 4.74 Å². The van der Waals surface area contributed by atoms with Crippen LogP contribution in [0, 0.1) is 6.92 Å². The molecule has 0 amide bonds. The minimum atomic E-state index is -0.262. The SMILES string of the molecule is COC(=O)c1c(C2CCC2)ccnc1C. The Hall–Kier alpha value is -1.38. The van der Waals surface area contributed by atoms with E-state index in [-0.39, 0.29) is 5.97 Å². The van der Waals surface area contributed by atoms with Crippen molar-refractivity contribution in [2.75, 3.05) is 7.11 Å². The monoisotopic (exact) mass is 205 g/mol. The number of carbonyl (C=O) groups is 1. The molecule has 1 fully saturated rings. The number of hydrogen-bond donors (Lipinski definition) is 0. The molecule has 2 rings (SSSR count). The number of aryl methyl sites for hydroxylation is 1. The average molecular weight is 205 g/mol. The molecule has 1 saturated carbocycles. The Kier molecular flexibility index (Phi) is 2.71. The van der Waals surface area contributed by atoms with Crippen LogP contribution >= 0.6 is 0 Å². The molecule has 0 atom stereocenters. The third-order valence-electron chi connectivity index (χ3n) is 3.11. The minimum Gasteiger partial charge on any atom is -0.465 e. The van der Waals surface area contributed by atoms with E-state index in [9.17, 15) is 4.79 Å². The highest BCUT2D eigenvalue weighted by atomic mass is 16.5. The van der Waals surface area contributed by atoms with E-state index in [0.29, 0.717) is 11.5 Å². The first-order valence-corrected chi connectivity index (χ1v) is 5.28. The van der Waals surface area contributed by atoms with Gasteiger partial charge in [-0.2, -0.15) is 0 Å². The van der Waals surface area contributed by atoms with Gasteiger partial charge in [0.05, 0.1) is 18.4 Å². The van der Waals surface area contributed by atoms with Crippen LogP contribution in [0.5, 0.6) is 0 Å². The molecular formula is C12H15NO2. The summed E-state index contributed by atoms with van der Waals surface area (Å²) < 4.78 is 4.80. The number of carbonyl (C=O) groups excluding carboxylic acids is 1. The summed E-state index contributed by atoms with van der Waals surface area (Å²) >= 11 is 0. The number of rotatable bonds is 2. The molecule has 1 aliphatic rings. The van der Waals surface area contributed by atoms with E-state index >= 15 is 0 Å². The number of esters is 1. The van der Waals surface area contributed by atoms with Crippen molar-refractivity contribution in [1.29, 1.82) is 0 Å². The summed E-state index contributed by atoms with van der Waals surface area (Å²) in [5, 5.41) is 0. The first kappa shape index (κ1) is 10.1. The predicted molar refractivity (Wildman–Crippen MR) is 56.9 cm³/mol. The summed E-state index contributed by atoms with van der Waals surface area (Å²) in [6, 6.07) is 1.95. The van der Waals surface area contributed by atoms with Crippen LogP contribution in [-0.2, 0) is 4.74 Å². The van der Waals surface area contributed by atoms with Crippen LogP contribution < -0.4 is 0 Å². The van der Waals surface area contributed by atoms with Crippen molar-refractivity contribution < 1.29 is 9.53 Å². The highest BCUT2D eigenvalue weighted by molar-refractivity contribution is 5.92. The summed E-state index contributed by atoms with van der Waals surface area (Å²) in [5.74, 6) is 0.267. The molecule has 3 nitrogen and oxygen atoms in total. The first-order chi connectivity index (χ1) is 7.24. The maximum atomic E-state index is 11.6. The zero-order valence-electron chi connectivity index (χ0n) is 9.12. The zero-order chi connectivity index (χ0) is 10.8. The standard InChI is InChI=1S/C12H15NO2/c1-8-11(12(14)15-2)10(6-7-13-8)9-4-3-5-9/h6-7,9H,3-5H2,1-2H3. The third-order valence-corrected chi connectivity index (χ3v) is 3.11. The highest BCUT2D eigenvalue weighted by Crippen LogP contribution is 2.38. The normalized spacial score (nSPS) is 15.9. The Balaban J connectivity index is 2.43. The first-order valence-electron chi connectivity index (χ1n) is 5.28. The van der Waals surface area contributed by atoms with E-state index in [1.165, 1.54) is 26.4 Å². The highest BCUT2D eigenvalue weighted by Gasteiger charge is 2.26. The van der Waals surface area contributed by atoms with Gasteiger partial charge in [-0.15, -0.1) is 0 Å². The quantitative estimate of drug-likeness (QED) is 0.696. The Morgan fingerprint density at radius 2 is 2.27 bits per heavy atom. The summed E-state index contributed by atoms with van der Waals surface area (Å²) in [6.07, 6.45) is 5.38. The molecule has 1 aromatic rings. The molecule has 0 bridgehead atoms. The lowest BCUT2D eigenvalue weighted by molar-refractivity contribution is 0.0596. The van der Waals surface area contributed by atoms with Crippen LogP contribution in [0.2, 0.25) is 0 Å². The van der Waals surface area contributed by atoms with Crippen LogP contribution in [0.15, 0.2) is 12.3 Å². The number of ether oxygens (including phenoxy) is 1. The van der Waals surface area contributed by atoms with Gasteiger partial charge in [0.1, 0.15) is 0 Å². The summed E-state index contributed by atoms with van der Waals surface area (Å²) in [4.78, 5) is 15.8. The Morgan fingerprint density at radius 3 is 2.80 bits per heavy atom. The van der Waals surface area contributed by atoms with Crippen LogP contribution in [-0.4, -0.2) is 18.1 Å². The van der Waals surface area contributed by atoms with Gasteiger partial charge in [-0.25, -0.2) is 4.79 Å². The molecule has 0 saturated heterocycles. The maximum Gasteiger partial charge on any atom is 0.339 e. The van der Waals surface area contributed by atoms with Gasteiger partial charge in [-0.3, -0.25) is 4.98 Å². The second-order valence-corrected chi connectivity index (χ2v) is 3.98. The zero-order valence-corrected chi connectivity index (χ0v) is 9.12. The van der Waals surface area contributed by atoms with Gasteiger partial charge < -0.3 is 4.74 Å². The molecule has 1 aromatic heterocycles. The molecule has 0 unspecified atom stereocenters. The largest absolute Gasteiger partial charge is 0.465 e. The van der Waals surface area contributed by atoms with Gasteiger partial charge in [0.2, 0.25) is 0 Å². The number of aromatic nitrogens is 1. The molecule has 3 heteroatoms. The molecule has 0 aliphatic heterocycles. The molecule has 80 valence electrons. The second kappa shape index (κ2) is 4.01. The Labute approximate surface area is 89.5 Å². The number of methoxy groups -OCH3 is 1. The van der Waals surface area contributed by atoms with E-state index in [2.05, 4.69) is 4.98 Å². The minimum absolute atomic E-state index is 0.262. The fraction of sp³-hybridized carbons (Fsp3) is 0.500. The van der Waals surface area contributed by atoms with Gasteiger partial charge in [0.25, 0.3) is 0 Å². The van der Waals surface area contributed by atoms with Crippen molar-refractivity contribution in [3.05, 3.63) is 29.1 Å². The van der Waals surface area contributed by atoms with Gasteiger partial charge in [0.15, 0.2) is 0 Å². The summed E-state index contributed by atoms with van der Waals surface area (Å²) in [6.45, 7) is 1.86. The van der Waals surface area contributed by atoms with E-state index in [1.807, 2.05) is 13.0 Å². The average Bonchev–Trinajstić information content (AvgIpc) is 2.14. The Morgan fingerprint density at radius 1 is 1.53 bits per heavy atom. The number of nitrogens with zero attached hydrogens (tertiary/aromatic N) is 1. The smallest absolute Gasteiger partial charge is 0.339 e. The van der Waals surface area contributed by atoms with Gasteiger partial charge in [-0.1, -0.05) is 6.42 Å². The lowest BCUT2D eigenvalue weighted by atomic mass is 9.78. The van der Waals surface area contributed by atoms with Crippen LogP contribution in [0.3, 0.4) is 0 Å². The fourth-order valence-electron chi connectivity index (χ4n) is 2.01. The molecule has 0 N–H and O–H groups in total. The molecule has 15 heavy (non-hydrogen) atoms. The molecule has 0 aromatic carbocycles. The van der Waals surface area contributed by atoms with Crippen molar-refractivity contribution in [3.63, 3.8) is 0 Å². The summed E-state index contributed by atoms with van der Waals surface area (Å²) in [7, 11) is 1.42. The van der Waals surface area contributed by atoms with Crippen LogP contribution in [0.1, 0.15) is 46.8 Å². The van der Waals surface area contributed by atoms with Crippen molar-refractivity contribution in [2.24, 2.45) is 0 Å². The van der Waals surface area contributed by atoms with Crippen molar-refractivity contribution in [1.82, 2.24) is 4.98 Å². The molecule has 0 radical (unpaired) electrons. The maximum absolute atomic E-state index is 11.6. The Bertz CT molecular complexity index is 383. The van der Waals surface area contributed by atoms with Crippen LogP contribution in [0.25, 0.3) is 0 Å². The third kappa shape index (κ3) is 1.74. The van der Waals surface area contributed by atoms with Gasteiger partial charge in [-0.05, 0) is 37.3 Å². The molecule has 0 spiro atoms. The van der Waals surface area contributed by atoms with Gasteiger partial charge in [0, 0.05) is 6.20 Å². The lowest BCUT2D eigenvalue weighted by Gasteiger charge is -2.27. The van der Waals surface area contributed by atoms with Crippen molar-refractivity contribution >= 4 is 5.97 Å². The topological polar surface area (TPSA) is 39.2 Å². The summed E-state index contributed by atoms with van der Waals surface area (Å²) in [5.41, 5.74) is 2.55. The predicted octanol–water partition coefficient (Wildman–Crippen LogP) is 2.44. The lowest BCUT2D eigenvalue weighted by Crippen LogP contribution is -2.16. The number of hydrogen-bond acceptors (Lipinski definition) is 3. The van der Waals surface area contributed by atoms with E-state index in [0.717, 1.165) is 11.3 Å². The second-order valence-electron chi connectivity index (χ2n) is 3.98. The van der Waals surface area contributed by atoms with Crippen molar-refractivity contribution in [2.45, 2.75) is 32.1 Å². The molecular weight excluding hydrogens is 190 g/mol. The fourth-order valence-corrected chi connectivity index (χ4v) is 2.01. The van der Waals surface area contributed by atoms with E-state index < -0.39 is 0 Å². The molecule has 1 aliphatic carbocycles. The van der Waals surface area contributed by atoms with E-state index in [1.54, 1.807) is 6.20 Å². The van der Waals surface area contributed by atoms with Crippen LogP contribution in [0.4, 0.5) is 0 Å². The van der Waals surface area contributed by atoms with Gasteiger partial charge >= 0.3 is 5.97 Å². The number of pyridine rings is 1.